The number of nitrogens with one attached hydrogen (secondary N) is 1. The Morgan fingerprint density at radius 2 is 2.31 bits per heavy atom. The van der Waals surface area contributed by atoms with E-state index in [1.54, 1.807) is 0 Å². The molecular formula is C8H5N2O3-. The molecule has 0 radical (unpaired) electrons. The minimum atomic E-state index is -1.28. The molecule has 2 rings (SSSR count). The Balaban J connectivity index is 2.83. The number of hydrogen-bond donors (Lipinski definition) is 1. The molecule has 0 fully saturated rings. The summed E-state index contributed by atoms with van der Waals surface area (Å²) in [7, 11) is 0. The summed E-state index contributed by atoms with van der Waals surface area (Å²) >= 11 is 0. The first-order chi connectivity index (χ1) is 6.18. The quantitative estimate of drug-likeness (QED) is 0.606. The van der Waals surface area contributed by atoms with Gasteiger partial charge in [-0.2, -0.15) is 0 Å². The third-order valence-electron chi connectivity index (χ3n) is 1.75. The van der Waals surface area contributed by atoms with Crippen LogP contribution in [0.2, 0.25) is 0 Å². The lowest BCUT2D eigenvalue weighted by Gasteiger charge is -2.00. The molecule has 0 bridgehead atoms. The van der Waals surface area contributed by atoms with Crippen molar-refractivity contribution in [1.29, 1.82) is 0 Å². The van der Waals surface area contributed by atoms with Gasteiger partial charge in [-0.3, -0.25) is 9.20 Å². The molecule has 0 aliphatic heterocycles. The number of carbonyl (C=O) groups excluding carboxylic acids is 1. The SMILES string of the molecule is O=C([O-])c1c[nH]c2cc(=O)ccn12. The summed E-state index contributed by atoms with van der Waals surface area (Å²) < 4.78 is 1.34. The summed E-state index contributed by atoms with van der Waals surface area (Å²) in [5, 5.41) is 10.5. The molecule has 2 aromatic heterocycles. The second kappa shape index (κ2) is 2.48. The third kappa shape index (κ3) is 1.10. The molecule has 0 aliphatic rings. The first-order valence-electron chi connectivity index (χ1n) is 3.59. The number of aromatic nitrogens is 2. The molecule has 0 saturated heterocycles. The van der Waals surface area contributed by atoms with Crippen molar-refractivity contribution in [3.05, 3.63) is 40.4 Å². The van der Waals surface area contributed by atoms with Crippen molar-refractivity contribution < 1.29 is 9.90 Å². The number of carboxylic acid groups (broad SMARTS) is 1. The highest BCUT2D eigenvalue weighted by Gasteiger charge is 2.01. The van der Waals surface area contributed by atoms with Gasteiger partial charge in [0.2, 0.25) is 0 Å². The van der Waals surface area contributed by atoms with E-state index in [2.05, 4.69) is 4.98 Å². The third-order valence-corrected chi connectivity index (χ3v) is 1.75. The number of fused-ring (bicyclic) bond motifs is 1. The number of aromatic amines is 1. The van der Waals surface area contributed by atoms with Gasteiger partial charge >= 0.3 is 0 Å². The van der Waals surface area contributed by atoms with Crippen molar-refractivity contribution >= 4 is 11.6 Å². The molecule has 5 heteroatoms. The number of imidazole rings is 1. The molecule has 2 aromatic rings. The van der Waals surface area contributed by atoms with Crippen LogP contribution in [0.3, 0.4) is 0 Å². The van der Waals surface area contributed by atoms with Crippen LogP contribution in [0.1, 0.15) is 10.5 Å². The maximum absolute atomic E-state index is 10.9. The Kier molecular flexibility index (Phi) is 1.45. The molecule has 5 nitrogen and oxygen atoms in total. The lowest BCUT2D eigenvalue weighted by Crippen LogP contribution is -2.24. The summed E-state index contributed by atoms with van der Waals surface area (Å²) in [4.78, 5) is 24.0. The second-order valence-electron chi connectivity index (χ2n) is 2.58. The van der Waals surface area contributed by atoms with Crippen LogP contribution in [0.4, 0.5) is 0 Å². The van der Waals surface area contributed by atoms with Crippen molar-refractivity contribution in [3.8, 4) is 0 Å². The van der Waals surface area contributed by atoms with Crippen molar-refractivity contribution in [3.63, 3.8) is 0 Å². The maximum Gasteiger partial charge on any atom is 0.183 e. The molecule has 1 N–H and O–H groups in total. The fraction of sp³-hybridized carbons (Fsp3) is 0. The summed E-state index contributed by atoms with van der Waals surface area (Å²) in [6.45, 7) is 0. The van der Waals surface area contributed by atoms with Crippen LogP contribution in [-0.4, -0.2) is 15.4 Å². The highest BCUT2D eigenvalue weighted by molar-refractivity contribution is 5.84. The van der Waals surface area contributed by atoms with Gasteiger partial charge in [0.1, 0.15) is 5.65 Å². The van der Waals surface area contributed by atoms with Crippen LogP contribution in [0.15, 0.2) is 29.3 Å². The van der Waals surface area contributed by atoms with Crippen LogP contribution in [0, 0.1) is 0 Å². The molecule has 0 amide bonds. The average molecular weight is 177 g/mol. The van der Waals surface area contributed by atoms with Crippen LogP contribution in [-0.2, 0) is 0 Å². The monoisotopic (exact) mass is 177 g/mol. The molecule has 2 heterocycles. The van der Waals surface area contributed by atoms with Gasteiger partial charge in [0.05, 0.1) is 11.7 Å². The molecular weight excluding hydrogens is 172 g/mol. The highest BCUT2D eigenvalue weighted by Crippen LogP contribution is 2.01. The lowest BCUT2D eigenvalue weighted by molar-refractivity contribution is -0.255. The van der Waals surface area contributed by atoms with Gasteiger partial charge < -0.3 is 14.9 Å². The van der Waals surface area contributed by atoms with Gasteiger partial charge in [-0.15, -0.1) is 0 Å². The van der Waals surface area contributed by atoms with E-state index in [0.717, 1.165) is 0 Å². The minimum Gasteiger partial charge on any atom is -0.543 e. The molecule has 0 aromatic carbocycles. The van der Waals surface area contributed by atoms with Gasteiger partial charge in [-0.05, 0) is 0 Å². The first-order valence-corrected chi connectivity index (χ1v) is 3.59. The maximum atomic E-state index is 10.9. The largest absolute Gasteiger partial charge is 0.543 e. The predicted octanol–water partition coefficient (Wildman–Crippen LogP) is -1.01. The number of carboxylic acids is 1. The van der Waals surface area contributed by atoms with E-state index in [0.29, 0.717) is 5.65 Å². The molecule has 0 unspecified atom stereocenters. The highest BCUT2D eigenvalue weighted by atomic mass is 16.4. The summed E-state index contributed by atoms with van der Waals surface area (Å²) in [5.41, 5.74) is 0.258. The Morgan fingerprint density at radius 3 is 3.00 bits per heavy atom. The van der Waals surface area contributed by atoms with E-state index in [4.69, 9.17) is 0 Å². The van der Waals surface area contributed by atoms with Crippen LogP contribution < -0.4 is 10.5 Å². The van der Waals surface area contributed by atoms with E-state index >= 15 is 0 Å². The predicted molar refractivity (Wildman–Crippen MR) is 42.3 cm³/mol. The summed E-state index contributed by atoms with van der Waals surface area (Å²) in [6, 6.07) is 2.60. The molecule has 0 spiro atoms. The second-order valence-corrected chi connectivity index (χ2v) is 2.58. The van der Waals surface area contributed by atoms with Gasteiger partial charge in [-0.25, -0.2) is 0 Å². The van der Waals surface area contributed by atoms with Gasteiger partial charge in [-0.1, -0.05) is 0 Å². The summed E-state index contributed by atoms with van der Waals surface area (Å²) in [5.74, 6) is -1.28. The number of H-pyrrole nitrogens is 1. The van der Waals surface area contributed by atoms with Crippen molar-refractivity contribution in [1.82, 2.24) is 9.38 Å². The number of pyridine rings is 1. The zero-order valence-corrected chi connectivity index (χ0v) is 6.48. The van der Waals surface area contributed by atoms with Crippen LogP contribution in [0.25, 0.3) is 5.65 Å². The Bertz CT molecular complexity index is 523. The molecule has 66 valence electrons. The summed E-state index contributed by atoms with van der Waals surface area (Å²) in [6.07, 6.45) is 2.67. The zero-order chi connectivity index (χ0) is 9.42. The van der Waals surface area contributed by atoms with E-state index in [1.165, 1.54) is 28.9 Å². The number of nitrogens with zero attached hydrogens (tertiary/aromatic N) is 1. The standard InChI is InChI=1S/C8H6N2O3/c11-5-1-2-10-6(8(12)13)4-9-7(10)3-5/h1-4,9H,(H,12,13)/p-1. The van der Waals surface area contributed by atoms with E-state index < -0.39 is 5.97 Å². The van der Waals surface area contributed by atoms with Crippen LogP contribution >= 0.6 is 0 Å². The molecule has 0 atom stereocenters. The molecule has 0 aliphatic carbocycles. The smallest absolute Gasteiger partial charge is 0.183 e. The first kappa shape index (κ1) is 7.60. The fourth-order valence-electron chi connectivity index (χ4n) is 1.17. The van der Waals surface area contributed by atoms with Gasteiger partial charge in [0.25, 0.3) is 0 Å². The number of hydrogen-bond acceptors (Lipinski definition) is 3. The average Bonchev–Trinajstić information content (AvgIpc) is 2.46. The Morgan fingerprint density at radius 1 is 1.54 bits per heavy atom. The van der Waals surface area contributed by atoms with Crippen molar-refractivity contribution in [2.24, 2.45) is 0 Å². The molecule has 13 heavy (non-hydrogen) atoms. The van der Waals surface area contributed by atoms with Crippen molar-refractivity contribution in [2.75, 3.05) is 0 Å². The Labute approximate surface area is 72.3 Å². The topological polar surface area (TPSA) is 77.4 Å². The number of rotatable bonds is 1. The minimum absolute atomic E-state index is 0.00463. The van der Waals surface area contributed by atoms with E-state index in [9.17, 15) is 14.7 Å². The number of carbonyl (C=O) groups is 1. The lowest BCUT2D eigenvalue weighted by atomic mass is 10.4. The fourth-order valence-corrected chi connectivity index (χ4v) is 1.17. The van der Waals surface area contributed by atoms with E-state index in [-0.39, 0.29) is 11.1 Å². The Hall–Kier alpha value is -2.04. The van der Waals surface area contributed by atoms with Crippen LogP contribution in [0.5, 0.6) is 0 Å². The van der Waals surface area contributed by atoms with Gasteiger partial charge in [0, 0.05) is 24.5 Å². The molecule has 0 saturated carbocycles. The van der Waals surface area contributed by atoms with E-state index in [1.807, 2.05) is 0 Å². The van der Waals surface area contributed by atoms with Crippen molar-refractivity contribution in [2.45, 2.75) is 0 Å². The number of aromatic carboxylic acids is 1. The zero-order valence-electron chi connectivity index (χ0n) is 6.48. The van der Waals surface area contributed by atoms with Gasteiger partial charge in [0.15, 0.2) is 5.43 Å². The normalized spacial score (nSPS) is 10.5.